The molecule has 5 nitrogen and oxygen atoms in total. The molecule has 0 aliphatic heterocycles. The Labute approximate surface area is 114 Å². The highest BCUT2D eigenvalue weighted by molar-refractivity contribution is 6.00. The topological polar surface area (TPSA) is 75.6 Å². The van der Waals surface area contributed by atoms with Gasteiger partial charge in [-0.3, -0.25) is 4.79 Å². The molecule has 0 fully saturated rings. The summed E-state index contributed by atoms with van der Waals surface area (Å²) in [6, 6.07) is 0.740. The third-order valence-electron chi connectivity index (χ3n) is 2.06. The number of aromatic carboxylic acids is 1. The molecule has 0 heterocycles. The number of alkyl halides is 3. The Morgan fingerprint density at radius 2 is 1.76 bits per heavy atom. The summed E-state index contributed by atoms with van der Waals surface area (Å²) in [5.74, 6) is -5.67. The van der Waals surface area contributed by atoms with Crippen LogP contribution in [0.1, 0.15) is 10.4 Å². The number of anilines is 1. The lowest BCUT2D eigenvalue weighted by Gasteiger charge is -2.10. The van der Waals surface area contributed by atoms with Crippen LogP contribution >= 0.6 is 0 Å². The summed E-state index contributed by atoms with van der Waals surface area (Å²) in [5.41, 5.74) is -1.35. The van der Waals surface area contributed by atoms with Crippen LogP contribution in [0, 0.1) is 11.6 Å². The first-order valence-electron chi connectivity index (χ1n) is 5.27. The molecule has 1 aromatic carbocycles. The Morgan fingerprint density at radius 3 is 2.29 bits per heavy atom. The number of carboxylic acid groups (broad SMARTS) is 1. The average molecular weight is 313 g/mol. The Kier molecular flexibility index (Phi) is 5.19. The SMILES string of the molecule is O=C(COCC(F)(F)F)Nc1cc(F)c(F)cc1C(=O)O. The van der Waals surface area contributed by atoms with E-state index < -0.39 is 54.2 Å². The molecular weight excluding hydrogens is 305 g/mol. The first-order valence-corrected chi connectivity index (χ1v) is 5.27. The van der Waals surface area contributed by atoms with Crippen LogP contribution in [-0.4, -0.2) is 36.4 Å². The number of carbonyl (C=O) groups excluding carboxylic acids is 1. The zero-order valence-corrected chi connectivity index (χ0v) is 10.1. The van der Waals surface area contributed by atoms with Gasteiger partial charge >= 0.3 is 12.1 Å². The van der Waals surface area contributed by atoms with Crippen molar-refractivity contribution in [3.8, 4) is 0 Å². The van der Waals surface area contributed by atoms with Gasteiger partial charge in [0.1, 0.15) is 13.2 Å². The number of ether oxygens (including phenoxy) is 1. The van der Waals surface area contributed by atoms with Gasteiger partial charge in [0.05, 0.1) is 11.3 Å². The van der Waals surface area contributed by atoms with E-state index in [1.807, 2.05) is 5.32 Å². The lowest BCUT2D eigenvalue weighted by molar-refractivity contribution is -0.174. The zero-order chi connectivity index (χ0) is 16.2. The summed E-state index contributed by atoms with van der Waals surface area (Å²) in [6.07, 6.45) is -4.63. The smallest absolute Gasteiger partial charge is 0.411 e. The fourth-order valence-corrected chi connectivity index (χ4v) is 1.27. The molecule has 1 aromatic rings. The fourth-order valence-electron chi connectivity index (χ4n) is 1.27. The van der Waals surface area contributed by atoms with Gasteiger partial charge in [-0.15, -0.1) is 0 Å². The van der Waals surface area contributed by atoms with E-state index in [4.69, 9.17) is 5.11 Å². The molecule has 116 valence electrons. The van der Waals surface area contributed by atoms with Crippen LogP contribution in [-0.2, 0) is 9.53 Å². The number of benzene rings is 1. The highest BCUT2D eigenvalue weighted by Gasteiger charge is 2.28. The van der Waals surface area contributed by atoms with Crippen LogP contribution in [0.3, 0.4) is 0 Å². The molecule has 1 amide bonds. The summed E-state index contributed by atoms with van der Waals surface area (Å²) in [4.78, 5) is 22.0. The number of carbonyl (C=O) groups is 2. The van der Waals surface area contributed by atoms with Crippen molar-refractivity contribution in [1.82, 2.24) is 0 Å². The van der Waals surface area contributed by atoms with Crippen LogP contribution in [0.2, 0.25) is 0 Å². The largest absolute Gasteiger partial charge is 0.478 e. The van der Waals surface area contributed by atoms with Crippen molar-refractivity contribution >= 4 is 17.6 Å². The van der Waals surface area contributed by atoms with E-state index in [9.17, 15) is 31.5 Å². The van der Waals surface area contributed by atoms with Gasteiger partial charge in [-0.25, -0.2) is 13.6 Å². The van der Waals surface area contributed by atoms with E-state index in [1.54, 1.807) is 0 Å². The van der Waals surface area contributed by atoms with E-state index >= 15 is 0 Å². The average Bonchev–Trinajstić information content (AvgIpc) is 2.31. The molecule has 0 bridgehead atoms. The number of hydrogen-bond acceptors (Lipinski definition) is 3. The van der Waals surface area contributed by atoms with Crippen LogP contribution in [0.15, 0.2) is 12.1 Å². The summed E-state index contributed by atoms with van der Waals surface area (Å²) < 4.78 is 65.2. The lowest BCUT2D eigenvalue weighted by Crippen LogP contribution is -2.24. The van der Waals surface area contributed by atoms with Crippen molar-refractivity contribution in [1.29, 1.82) is 0 Å². The standard InChI is InChI=1S/C11H8F5NO4/c12-6-1-5(10(19)20)8(2-7(6)13)17-9(18)3-21-4-11(14,15)16/h1-2H,3-4H2,(H,17,18)(H,19,20). The summed E-state index contributed by atoms with van der Waals surface area (Å²) in [7, 11) is 0. The van der Waals surface area contributed by atoms with Crippen LogP contribution in [0.5, 0.6) is 0 Å². The molecule has 0 saturated heterocycles. The minimum Gasteiger partial charge on any atom is -0.478 e. The molecule has 21 heavy (non-hydrogen) atoms. The molecule has 0 atom stereocenters. The number of amides is 1. The van der Waals surface area contributed by atoms with Crippen molar-refractivity contribution in [3.05, 3.63) is 29.3 Å². The molecule has 0 spiro atoms. The van der Waals surface area contributed by atoms with E-state index in [0.717, 1.165) is 0 Å². The highest BCUT2D eigenvalue weighted by Crippen LogP contribution is 2.20. The van der Waals surface area contributed by atoms with Gasteiger partial charge in [-0.2, -0.15) is 13.2 Å². The second-order valence-corrected chi connectivity index (χ2v) is 3.77. The predicted molar refractivity (Wildman–Crippen MR) is 58.8 cm³/mol. The Morgan fingerprint density at radius 1 is 1.19 bits per heavy atom. The van der Waals surface area contributed by atoms with Crippen molar-refractivity contribution in [2.45, 2.75) is 6.18 Å². The molecule has 2 N–H and O–H groups in total. The van der Waals surface area contributed by atoms with E-state index in [0.29, 0.717) is 12.1 Å². The summed E-state index contributed by atoms with van der Waals surface area (Å²) in [6.45, 7) is -2.71. The van der Waals surface area contributed by atoms with Gasteiger partial charge in [-0.05, 0) is 6.07 Å². The molecule has 0 aromatic heterocycles. The molecule has 0 aliphatic rings. The second kappa shape index (κ2) is 6.48. The predicted octanol–water partition coefficient (Wildman–Crippen LogP) is 2.18. The maximum Gasteiger partial charge on any atom is 0.411 e. The maximum atomic E-state index is 13.0. The third-order valence-corrected chi connectivity index (χ3v) is 2.06. The monoisotopic (exact) mass is 313 g/mol. The quantitative estimate of drug-likeness (QED) is 0.817. The number of carboxylic acids is 1. The van der Waals surface area contributed by atoms with Crippen molar-refractivity contribution in [3.63, 3.8) is 0 Å². The Balaban J connectivity index is 2.76. The van der Waals surface area contributed by atoms with Gasteiger partial charge in [-0.1, -0.05) is 0 Å². The molecule has 10 heteroatoms. The Bertz CT molecular complexity index is 558. The van der Waals surface area contributed by atoms with E-state index in [1.165, 1.54) is 0 Å². The summed E-state index contributed by atoms with van der Waals surface area (Å²) >= 11 is 0. The minimum atomic E-state index is -4.63. The third kappa shape index (κ3) is 5.34. The van der Waals surface area contributed by atoms with E-state index in [2.05, 4.69) is 4.74 Å². The Hall–Kier alpha value is -2.23. The first-order chi connectivity index (χ1) is 9.60. The van der Waals surface area contributed by atoms with Gasteiger partial charge in [0.25, 0.3) is 0 Å². The van der Waals surface area contributed by atoms with Gasteiger partial charge in [0.15, 0.2) is 11.6 Å². The van der Waals surface area contributed by atoms with Crippen molar-refractivity contribution < 1.29 is 41.4 Å². The molecule has 0 saturated carbocycles. The lowest BCUT2D eigenvalue weighted by atomic mass is 10.1. The highest BCUT2D eigenvalue weighted by atomic mass is 19.4. The molecular formula is C11H8F5NO4. The normalized spacial score (nSPS) is 11.3. The molecule has 0 aliphatic carbocycles. The molecule has 0 unspecified atom stereocenters. The van der Waals surface area contributed by atoms with Crippen LogP contribution < -0.4 is 5.32 Å². The first kappa shape index (κ1) is 16.8. The van der Waals surface area contributed by atoms with Crippen molar-refractivity contribution in [2.24, 2.45) is 0 Å². The van der Waals surface area contributed by atoms with E-state index in [-0.39, 0.29) is 0 Å². The fraction of sp³-hybridized carbons (Fsp3) is 0.273. The summed E-state index contributed by atoms with van der Waals surface area (Å²) in [5, 5.41) is 10.6. The van der Waals surface area contributed by atoms with Crippen molar-refractivity contribution in [2.75, 3.05) is 18.5 Å². The number of nitrogens with one attached hydrogen (secondary N) is 1. The molecule has 1 rings (SSSR count). The van der Waals surface area contributed by atoms with Gasteiger partial charge in [0, 0.05) is 6.07 Å². The number of halogens is 5. The van der Waals surface area contributed by atoms with Crippen LogP contribution in [0.25, 0.3) is 0 Å². The number of rotatable bonds is 5. The second-order valence-electron chi connectivity index (χ2n) is 3.77. The van der Waals surface area contributed by atoms with Crippen LogP contribution in [0.4, 0.5) is 27.6 Å². The maximum absolute atomic E-state index is 13.0. The van der Waals surface area contributed by atoms with Gasteiger partial charge in [0.2, 0.25) is 5.91 Å². The van der Waals surface area contributed by atoms with Gasteiger partial charge < -0.3 is 15.2 Å². The molecule has 0 radical (unpaired) electrons. The number of hydrogen-bond donors (Lipinski definition) is 2. The zero-order valence-electron chi connectivity index (χ0n) is 10.1. The minimum absolute atomic E-state index is 0.337.